The summed E-state index contributed by atoms with van der Waals surface area (Å²) in [5, 5.41) is 12.1. The quantitative estimate of drug-likeness (QED) is 0.823. The smallest absolute Gasteiger partial charge is 0.129 e. The summed E-state index contributed by atoms with van der Waals surface area (Å²) >= 11 is 6.09. The summed E-state index contributed by atoms with van der Waals surface area (Å²) in [6, 6.07) is 7.77. The van der Waals surface area contributed by atoms with Crippen molar-refractivity contribution in [3.63, 3.8) is 0 Å². The number of nitrogens with zero attached hydrogens (tertiary/aromatic N) is 3. The first-order valence-electron chi connectivity index (χ1n) is 8.92. The molecule has 0 radical (unpaired) electrons. The molecule has 3 unspecified atom stereocenters. The Morgan fingerprint density at radius 3 is 2.88 bits per heavy atom. The lowest BCUT2D eigenvalue weighted by molar-refractivity contribution is -0.103. The second-order valence-corrected chi connectivity index (χ2v) is 7.67. The van der Waals surface area contributed by atoms with Crippen LogP contribution in [0.15, 0.2) is 42.9 Å². The zero-order valence-corrected chi connectivity index (χ0v) is 15.7. The molecule has 2 aromatic heterocycles. The van der Waals surface area contributed by atoms with Crippen LogP contribution in [0.4, 0.5) is 0 Å². The van der Waals surface area contributed by atoms with E-state index >= 15 is 0 Å². The highest BCUT2D eigenvalue weighted by atomic mass is 35.5. The van der Waals surface area contributed by atoms with Gasteiger partial charge in [0.2, 0.25) is 0 Å². The minimum absolute atomic E-state index is 0.163. The van der Waals surface area contributed by atoms with E-state index in [1.54, 1.807) is 12.4 Å². The zero-order valence-electron chi connectivity index (χ0n) is 14.9. The number of aliphatic hydroxyl groups is 1. The first-order chi connectivity index (χ1) is 12.0. The van der Waals surface area contributed by atoms with Gasteiger partial charge in [-0.25, -0.2) is 4.98 Å². The third kappa shape index (κ3) is 4.02. The molecule has 1 saturated carbocycles. The van der Waals surface area contributed by atoms with Crippen LogP contribution >= 0.6 is 11.6 Å². The number of hydrogen-bond donors (Lipinski definition) is 1. The number of aromatic nitrogens is 2. The average Bonchev–Trinajstić information content (AvgIpc) is 2.60. The van der Waals surface area contributed by atoms with Crippen LogP contribution in [0.2, 0.25) is 5.15 Å². The van der Waals surface area contributed by atoms with Crippen LogP contribution in [0.3, 0.4) is 0 Å². The molecule has 2 heterocycles. The molecule has 3 rings (SSSR count). The Morgan fingerprint density at radius 2 is 2.16 bits per heavy atom. The van der Waals surface area contributed by atoms with Gasteiger partial charge >= 0.3 is 0 Å². The van der Waals surface area contributed by atoms with Crippen LogP contribution in [-0.4, -0.2) is 33.6 Å². The maximum absolute atomic E-state index is 11.7. The van der Waals surface area contributed by atoms with Crippen molar-refractivity contribution in [2.75, 3.05) is 13.6 Å². The van der Waals surface area contributed by atoms with Crippen molar-refractivity contribution in [1.82, 2.24) is 14.9 Å². The van der Waals surface area contributed by atoms with Crippen molar-refractivity contribution in [2.45, 2.75) is 38.3 Å². The normalized spacial score (nSPS) is 26.8. The van der Waals surface area contributed by atoms with Crippen molar-refractivity contribution < 1.29 is 5.11 Å². The predicted octanol–water partition coefficient (Wildman–Crippen LogP) is 3.89. The van der Waals surface area contributed by atoms with Crippen LogP contribution in [0.25, 0.3) is 0 Å². The molecule has 0 spiro atoms. The highest BCUT2D eigenvalue weighted by molar-refractivity contribution is 6.29. The van der Waals surface area contributed by atoms with Crippen molar-refractivity contribution >= 4 is 11.6 Å². The van der Waals surface area contributed by atoms with Crippen LogP contribution in [0.1, 0.15) is 37.3 Å². The summed E-state index contributed by atoms with van der Waals surface area (Å²) in [5.41, 5.74) is 1.21. The van der Waals surface area contributed by atoms with Gasteiger partial charge in [-0.05, 0) is 55.1 Å². The standard InChI is InChI=1S/C20H26ClN3O/c1-15-5-3-7-18(14-24(2)13-16-6-4-9-22-12-16)20(15,25)17-8-10-23-19(21)11-17/h4,6,8-12,15,18,25H,3,5,7,13-14H2,1-2H3. The molecule has 2 aromatic rings. The molecule has 0 amide bonds. The van der Waals surface area contributed by atoms with Gasteiger partial charge in [0, 0.05) is 37.6 Å². The Bertz CT molecular complexity index is 696. The number of rotatable bonds is 5. The predicted molar refractivity (Wildman–Crippen MR) is 100 cm³/mol. The van der Waals surface area contributed by atoms with Crippen LogP contribution in [0.5, 0.6) is 0 Å². The average molecular weight is 360 g/mol. The number of halogens is 1. The van der Waals surface area contributed by atoms with Gasteiger partial charge in [0.25, 0.3) is 0 Å². The Hall–Kier alpha value is -1.49. The zero-order chi connectivity index (χ0) is 17.9. The van der Waals surface area contributed by atoms with Crippen LogP contribution < -0.4 is 0 Å². The lowest BCUT2D eigenvalue weighted by Crippen LogP contribution is -2.48. The molecule has 0 saturated heterocycles. The van der Waals surface area contributed by atoms with Crippen molar-refractivity contribution in [3.8, 4) is 0 Å². The molecule has 25 heavy (non-hydrogen) atoms. The van der Waals surface area contributed by atoms with Gasteiger partial charge in [-0.15, -0.1) is 0 Å². The largest absolute Gasteiger partial charge is 0.385 e. The monoisotopic (exact) mass is 359 g/mol. The van der Waals surface area contributed by atoms with E-state index in [1.165, 1.54) is 5.56 Å². The fourth-order valence-corrected chi connectivity index (χ4v) is 4.33. The summed E-state index contributed by atoms with van der Waals surface area (Å²) in [6.45, 7) is 3.79. The second kappa shape index (κ2) is 7.81. The molecule has 4 nitrogen and oxygen atoms in total. The first kappa shape index (κ1) is 18.3. The molecule has 1 fully saturated rings. The van der Waals surface area contributed by atoms with Gasteiger partial charge in [-0.3, -0.25) is 4.98 Å². The lowest BCUT2D eigenvalue weighted by Gasteiger charge is -2.46. The third-order valence-electron chi connectivity index (χ3n) is 5.46. The maximum Gasteiger partial charge on any atom is 0.129 e. The maximum atomic E-state index is 11.7. The van der Waals surface area contributed by atoms with Crippen molar-refractivity contribution in [1.29, 1.82) is 0 Å². The molecule has 5 heteroatoms. The Morgan fingerprint density at radius 1 is 1.32 bits per heavy atom. The topological polar surface area (TPSA) is 49.2 Å². The highest BCUT2D eigenvalue weighted by Crippen LogP contribution is 2.46. The summed E-state index contributed by atoms with van der Waals surface area (Å²) in [7, 11) is 2.10. The molecule has 134 valence electrons. The second-order valence-electron chi connectivity index (χ2n) is 7.28. The molecule has 0 aliphatic heterocycles. The summed E-state index contributed by atoms with van der Waals surface area (Å²) in [6.07, 6.45) is 8.56. The highest BCUT2D eigenvalue weighted by Gasteiger charge is 2.45. The van der Waals surface area contributed by atoms with E-state index in [4.69, 9.17) is 11.6 Å². The fourth-order valence-electron chi connectivity index (χ4n) is 4.16. The fraction of sp³-hybridized carbons (Fsp3) is 0.500. The van der Waals surface area contributed by atoms with E-state index in [1.807, 2.05) is 24.4 Å². The Balaban J connectivity index is 1.80. The van der Waals surface area contributed by atoms with Gasteiger partial charge in [0.05, 0.1) is 5.60 Å². The van der Waals surface area contributed by atoms with Gasteiger partial charge in [-0.1, -0.05) is 31.0 Å². The van der Waals surface area contributed by atoms with Crippen molar-refractivity contribution in [2.24, 2.45) is 11.8 Å². The molecule has 0 aromatic carbocycles. The van der Waals surface area contributed by atoms with Crippen LogP contribution in [-0.2, 0) is 12.1 Å². The lowest BCUT2D eigenvalue weighted by atomic mass is 9.65. The van der Waals surface area contributed by atoms with Gasteiger partial charge < -0.3 is 10.0 Å². The minimum Gasteiger partial charge on any atom is -0.385 e. The SMILES string of the molecule is CC1CCCC(CN(C)Cc2cccnc2)C1(O)c1ccnc(Cl)c1. The molecular weight excluding hydrogens is 334 g/mol. The molecule has 1 aliphatic carbocycles. The third-order valence-corrected chi connectivity index (χ3v) is 5.67. The molecule has 3 atom stereocenters. The number of pyridine rings is 2. The van der Waals surface area contributed by atoms with E-state index in [-0.39, 0.29) is 11.8 Å². The molecule has 1 N–H and O–H groups in total. The Labute approximate surface area is 154 Å². The first-order valence-corrected chi connectivity index (χ1v) is 9.29. The van der Waals surface area contributed by atoms with E-state index in [0.717, 1.165) is 37.9 Å². The molecular formula is C20H26ClN3O. The summed E-state index contributed by atoms with van der Waals surface area (Å²) in [5.74, 6) is 0.355. The minimum atomic E-state index is -0.867. The van der Waals surface area contributed by atoms with E-state index in [2.05, 4.69) is 34.9 Å². The van der Waals surface area contributed by atoms with Crippen LogP contribution in [0, 0.1) is 11.8 Å². The van der Waals surface area contributed by atoms with Crippen molar-refractivity contribution in [3.05, 3.63) is 59.1 Å². The Kier molecular flexibility index (Phi) is 5.72. The van der Waals surface area contributed by atoms with Gasteiger partial charge in [-0.2, -0.15) is 0 Å². The number of hydrogen-bond acceptors (Lipinski definition) is 4. The van der Waals surface area contributed by atoms with Gasteiger partial charge in [0.1, 0.15) is 5.15 Å². The molecule has 1 aliphatic rings. The van der Waals surface area contributed by atoms with Gasteiger partial charge in [0.15, 0.2) is 0 Å². The van der Waals surface area contributed by atoms with E-state index in [9.17, 15) is 5.11 Å². The molecule has 0 bridgehead atoms. The van der Waals surface area contributed by atoms with E-state index < -0.39 is 5.60 Å². The van der Waals surface area contributed by atoms with E-state index in [0.29, 0.717) is 5.15 Å². The summed E-state index contributed by atoms with van der Waals surface area (Å²) < 4.78 is 0. The summed E-state index contributed by atoms with van der Waals surface area (Å²) in [4.78, 5) is 10.5.